The highest BCUT2D eigenvalue weighted by Gasteiger charge is 2.25. The Labute approximate surface area is 333 Å². The molecule has 0 aliphatic carbocycles. The highest BCUT2D eigenvalue weighted by atomic mass is 32.1. The first-order valence-corrected chi connectivity index (χ1v) is 20.2. The fourth-order valence-corrected chi connectivity index (χ4v) is 10.2. The maximum atomic E-state index is 7.39. The summed E-state index contributed by atoms with van der Waals surface area (Å²) in [4.78, 5) is 2.40. The predicted octanol–water partition coefficient (Wildman–Crippen LogP) is 16.2. The zero-order valence-electron chi connectivity index (χ0n) is 30.8. The zero-order valence-corrected chi connectivity index (χ0v) is 31.6. The summed E-state index contributed by atoms with van der Waals surface area (Å²) >= 11 is 1.85. The van der Waals surface area contributed by atoms with Crippen molar-refractivity contribution in [2.75, 3.05) is 4.90 Å². The molecule has 0 saturated heterocycles. The van der Waals surface area contributed by atoms with E-state index in [4.69, 9.17) is 4.42 Å². The Morgan fingerprint density at radius 1 is 0.368 bits per heavy atom. The lowest BCUT2D eigenvalue weighted by atomic mass is 9.89. The van der Waals surface area contributed by atoms with E-state index in [0.717, 1.165) is 44.6 Å². The van der Waals surface area contributed by atoms with Crippen molar-refractivity contribution >= 4 is 103 Å². The van der Waals surface area contributed by atoms with Gasteiger partial charge in [0.2, 0.25) is 0 Å². The summed E-state index contributed by atoms with van der Waals surface area (Å²) in [5, 5.41) is 12.0. The van der Waals surface area contributed by atoms with Crippen LogP contribution >= 0.6 is 11.3 Å². The van der Waals surface area contributed by atoms with Crippen LogP contribution in [0.5, 0.6) is 0 Å². The van der Waals surface area contributed by atoms with Crippen molar-refractivity contribution in [2.45, 2.75) is 0 Å². The fourth-order valence-electron chi connectivity index (χ4n) is 9.04. The number of hydrogen-bond donors (Lipinski definition) is 0. The van der Waals surface area contributed by atoms with Crippen LogP contribution in [0.25, 0.3) is 96.7 Å². The maximum Gasteiger partial charge on any atom is 0.159 e. The zero-order chi connectivity index (χ0) is 37.5. The molecule has 3 heteroatoms. The first-order chi connectivity index (χ1) is 28.3. The lowest BCUT2D eigenvalue weighted by Gasteiger charge is -2.26. The Bertz CT molecular complexity index is 3520. The number of para-hydroxylation sites is 1. The summed E-state index contributed by atoms with van der Waals surface area (Å²) in [7, 11) is 0. The second-order valence-corrected chi connectivity index (χ2v) is 15.8. The molecular weight excluding hydrogens is 711 g/mol. The fraction of sp³-hybridized carbons (Fsp3) is 0. The normalized spacial score (nSPS) is 11.9. The smallest absolute Gasteiger partial charge is 0.159 e. The monoisotopic (exact) mass is 743 g/mol. The first kappa shape index (κ1) is 32.1. The highest BCUT2D eigenvalue weighted by Crippen LogP contribution is 2.50. The SMILES string of the molecule is c1ccc(-c2ccc(N(c3cccc4c3oc3c(-c5cc6ccccc6c6ccccc56)c5ccccc5cc34)c3cccc4c3sc3ccccc34)cc2)cc1. The third-order valence-electron chi connectivity index (χ3n) is 11.6. The van der Waals surface area contributed by atoms with Crippen molar-refractivity contribution in [3.8, 4) is 22.3 Å². The van der Waals surface area contributed by atoms with Gasteiger partial charge in [-0.05, 0) is 91.5 Å². The van der Waals surface area contributed by atoms with Crippen LogP contribution in [0.1, 0.15) is 0 Å². The highest BCUT2D eigenvalue weighted by molar-refractivity contribution is 7.26. The van der Waals surface area contributed by atoms with Crippen LogP contribution in [0.3, 0.4) is 0 Å². The molecule has 0 saturated carbocycles. The molecule has 0 aliphatic rings. The van der Waals surface area contributed by atoms with Gasteiger partial charge in [-0.3, -0.25) is 0 Å². The topological polar surface area (TPSA) is 16.4 Å². The molecule has 0 unspecified atom stereocenters. The Balaban J connectivity index is 1.17. The number of thiophene rings is 1. The number of fused-ring (bicyclic) bond motifs is 10. The summed E-state index contributed by atoms with van der Waals surface area (Å²) in [5.41, 5.74) is 9.63. The lowest BCUT2D eigenvalue weighted by Crippen LogP contribution is -2.10. The van der Waals surface area contributed by atoms with Crippen LogP contribution in [0.4, 0.5) is 17.1 Å². The van der Waals surface area contributed by atoms with Crippen molar-refractivity contribution in [3.63, 3.8) is 0 Å². The van der Waals surface area contributed by atoms with E-state index >= 15 is 0 Å². The van der Waals surface area contributed by atoms with Crippen LogP contribution in [0, 0.1) is 0 Å². The molecule has 0 fully saturated rings. The van der Waals surface area contributed by atoms with Crippen molar-refractivity contribution < 1.29 is 4.42 Å². The van der Waals surface area contributed by atoms with Crippen LogP contribution in [-0.4, -0.2) is 0 Å². The molecule has 57 heavy (non-hydrogen) atoms. The van der Waals surface area contributed by atoms with E-state index in [1.54, 1.807) is 0 Å². The Morgan fingerprint density at radius 3 is 1.77 bits per heavy atom. The van der Waals surface area contributed by atoms with E-state index in [0.29, 0.717) is 0 Å². The molecule has 0 spiro atoms. The largest absolute Gasteiger partial charge is 0.453 e. The lowest BCUT2D eigenvalue weighted by molar-refractivity contribution is 0.670. The Morgan fingerprint density at radius 2 is 0.965 bits per heavy atom. The number of anilines is 3. The molecular formula is C54H33NOS. The third kappa shape index (κ3) is 4.96. The minimum Gasteiger partial charge on any atom is -0.453 e. The van der Waals surface area contributed by atoms with Crippen molar-refractivity contribution in [3.05, 3.63) is 200 Å². The molecule has 0 aliphatic heterocycles. The van der Waals surface area contributed by atoms with Crippen molar-refractivity contribution in [1.29, 1.82) is 0 Å². The maximum absolute atomic E-state index is 7.39. The van der Waals surface area contributed by atoms with Gasteiger partial charge in [0, 0.05) is 37.5 Å². The molecule has 0 amide bonds. The van der Waals surface area contributed by atoms with Crippen LogP contribution in [0.2, 0.25) is 0 Å². The molecule has 0 bridgehead atoms. The number of nitrogens with zero attached hydrogens (tertiary/aromatic N) is 1. The van der Waals surface area contributed by atoms with E-state index in [-0.39, 0.29) is 0 Å². The summed E-state index contributed by atoms with van der Waals surface area (Å²) in [6.07, 6.45) is 0. The van der Waals surface area contributed by atoms with Gasteiger partial charge in [0.05, 0.1) is 16.1 Å². The van der Waals surface area contributed by atoms with Gasteiger partial charge in [-0.2, -0.15) is 0 Å². The second kappa shape index (κ2) is 12.7. The molecule has 2 aromatic heterocycles. The summed E-state index contributed by atoms with van der Waals surface area (Å²) in [6, 6.07) is 72.5. The second-order valence-electron chi connectivity index (χ2n) is 14.8. The molecule has 10 aromatic carbocycles. The van der Waals surface area contributed by atoms with Crippen LogP contribution in [-0.2, 0) is 0 Å². The molecule has 12 aromatic rings. The predicted molar refractivity (Wildman–Crippen MR) is 245 cm³/mol. The van der Waals surface area contributed by atoms with Gasteiger partial charge in [-0.25, -0.2) is 0 Å². The summed E-state index contributed by atoms with van der Waals surface area (Å²) < 4.78 is 9.91. The number of benzene rings is 10. The van der Waals surface area contributed by atoms with Gasteiger partial charge in [-0.1, -0.05) is 158 Å². The van der Waals surface area contributed by atoms with Crippen LogP contribution in [0.15, 0.2) is 205 Å². The Hall–Kier alpha value is -7.20. The van der Waals surface area contributed by atoms with E-state index in [1.165, 1.54) is 69.2 Å². The molecule has 266 valence electrons. The molecule has 2 nitrogen and oxygen atoms in total. The summed E-state index contributed by atoms with van der Waals surface area (Å²) in [5.74, 6) is 0. The van der Waals surface area contributed by atoms with E-state index in [9.17, 15) is 0 Å². The van der Waals surface area contributed by atoms with Gasteiger partial charge in [0.15, 0.2) is 5.58 Å². The average molecular weight is 744 g/mol. The Kier molecular flexibility index (Phi) is 7.13. The van der Waals surface area contributed by atoms with Crippen LogP contribution < -0.4 is 4.90 Å². The number of furan rings is 1. The standard InChI is InChI=1S/C54H33NOS/c1-2-14-34(15-3-1)35-28-30-38(31-29-35)55(49-26-13-24-45-43-22-10-11-27-50(43)57-54(45)49)48-25-12-23-44-47-33-37-17-5-7-19-40(37)51(53(47)56-52(44)48)46-32-36-16-4-6-18-39(36)41-20-8-9-21-42(41)46/h1-33H. The quantitative estimate of drug-likeness (QED) is 0.163. The van der Waals surface area contributed by atoms with Gasteiger partial charge in [0.25, 0.3) is 0 Å². The molecule has 0 N–H and O–H groups in total. The summed E-state index contributed by atoms with van der Waals surface area (Å²) in [6.45, 7) is 0. The van der Waals surface area contributed by atoms with Gasteiger partial charge < -0.3 is 9.32 Å². The van der Waals surface area contributed by atoms with Gasteiger partial charge in [0.1, 0.15) is 5.58 Å². The average Bonchev–Trinajstić information content (AvgIpc) is 3.85. The third-order valence-corrected chi connectivity index (χ3v) is 12.8. The molecule has 2 heterocycles. The van der Waals surface area contributed by atoms with Gasteiger partial charge in [-0.15, -0.1) is 11.3 Å². The van der Waals surface area contributed by atoms with Gasteiger partial charge >= 0.3 is 0 Å². The first-order valence-electron chi connectivity index (χ1n) is 19.4. The minimum atomic E-state index is 0.861. The molecule has 0 atom stereocenters. The van der Waals surface area contributed by atoms with Crippen molar-refractivity contribution in [2.24, 2.45) is 0 Å². The van der Waals surface area contributed by atoms with E-state index in [2.05, 4.69) is 205 Å². The van der Waals surface area contributed by atoms with Crippen molar-refractivity contribution in [1.82, 2.24) is 0 Å². The molecule has 0 radical (unpaired) electrons. The van der Waals surface area contributed by atoms with E-state index in [1.807, 2.05) is 11.3 Å². The number of rotatable bonds is 5. The van der Waals surface area contributed by atoms with E-state index < -0.39 is 0 Å². The molecule has 12 rings (SSSR count). The number of hydrogen-bond acceptors (Lipinski definition) is 3. The minimum absolute atomic E-state index is 0.861.